The van der Waals surface area contributed by atoms with Crippen LogP contribution < -0.4 is 0 Å². The molecule has 4 rings (SSSR count). The Kier molecular flexibility index (Phi) is 9.21. The summed E-state index contributed by atoms with van der Waals surface area (Å²) in [6.07, 6.45) is 3.17. The van der Waals surface area contributed by atoms with Gasteiger partial charge in [-0.2, -0.15) is 19.6 Å². The van der Waals surface area contributed by atoms with Gasteiger partial charge < -0.3 is 0 Å². The van der Waals surface area contributed by atoms with Gasteiger partial charge in [-0.25, -0.2) is 0 Å². The summed E-state index contributed by atoms with van der Waals surface area (Å²) >= 11 is 13.7. The van der Waals surface area contributed by atoms with Gasteiger partial charge in [0.25, 0.3) is 0 Å². The molecule has 0 spiro atoms. The molecule has 35 heavy (non-hydrogen) atoms. The van der Waals surface area contributed by atoms with Crippen LogP contribution >= 0.6 is 77.0 Å². The molecule has 0 aliphatic heterocycles. The van der Waals surface area contributed by atoms with Gasteiger partial charge in [0.15, 0.2) is 18.0 Å². The fourth-order valence-electron chi connectivity index (χ4n) is 2.88. The molecule has 0 radical (unpaired) electrons. The summed E-state index contributed by atoms with van der Waals surface area (Å²) in [7, 11) is 0. The summed E-state index contributed by atoms with van der Waals surface area (Å²) in [5.74, 6) is 1.66. The molecule has 0 aliphatic rings. The summed E-state index contributed by atoms with van der Waals surface area (Å²) in [6.45, 7) is 8.64. The number of aromatic nitrogens is 6. The fraction of sp³-hybridized carbons (Fsp3) is 0.300. The summed E-state index contributed by atoms with van der Waals surface area (Å²) in [4.78, 5) is 2.12. The van der Waals surface area contributed by atoms with Crippen LogP contribution in [0.1, 0.15) is 35.3 Å². The Bertz CT molecular complexity index is 1260. The Balaban J connectivity index is 1.56. The van der Waals surface area contributed by atoms with E-state index in [1.54, 1.807) is 45.1 Å². The van der Waals surface area contributed by atoms with Gasteiger partial charge in [0.1, 0.15) is 0 Å². The molecule has 0 unspecified atom stereocenters. The lowest BCUT2D eigenvalue weighted by Gasteiger charge is -2.19. The minimum atomic E-state index is -2.03. The normalized spacial score (nSPS) is 12.5. The van der Waals surface area contributed by atoms with Crippen LogP contribution in [0.2, 0.25) is 13.1 Å². The van der Waals surface area contributed by atoms with Crippen molar-refractivity contribution in [3.8, 4) is 0 Å². The summed E-state index contributed by atoms with van der Waals surface area (Å²) in [5.41, 5.74) is 0. The van der Waals surface area contributed by atoms with Crippen molar-refractivity contribution in [2.45, 2.75) is 50.1 Å². The Morgan fingerprint density at radius 2 is 1.23 bits per heavy atom. The van der Waals surface area contributed by atoms with E-state index < -0.39 is 6.37 Å². The summed E-state index contributed by atoms with van der Waals surface area (Å²) < 4.78 is 5.84. The number of nitrogens with zero attached hydrogens (tertiary/aromatic N) is 8. The predicted molar refractivity (Wildman–Crippen MR) is 158 cm³/mol. The highest BCUT2D eigenvalue weighted by atomic mass is 79.9. The minimum absolute atomic E-state index is 0.746. The van der Waals surface area contributed by atoms with Crippen molar-refractivity contribution in [3.05, 3.63) is 53.2 Å². The van der Waals surface area contributed by atoms with E-state index >= 15 is 0 Å². The van der Waals surface area contributed by atoms with Crippen LogP contribution in [0.3, 0.4) is 0 Å². The Hall–Kier alpha value is -1.10. The van der Waals surface area contributed by atoms with Crippen LogP contribution in [-0.4, -0.2) is 48.5 Å². The average molecular weight is 691 g/mol. The molecule has 0 amide bonds. The zero-order valence-electron chi connectivity index (χ0n) is 19.3. The molecular formula is C20H22Br2N8S4Si. The van der Waals surface area contributed by atoms with Crippen molar-refractivity contribution in [1.82, 2.24) is 29.7 Å². The highest BCUT2D eigenvalue weighted by molar-refractivity contribution is 9.11. The number of thiophene rings is 2. The van der Waals surface area contributed by atoms with Crippen LogP contribution in [0.4, 0.5) is 0 Å². The van der Waals surface area contributed by atoms with Crippen LogP contribution in [0, 0.1) is 0 Å². The van der Waals surface area contributed by atoms with Crippen molar-refractivity contribution >= 4 is 95.8 Å². The lowest BCUT2D eigenvalue weighted by Crippen LogP contribution is -2.18. The highest BCUT2D eigenvalue weighted by Crippen LogP contribution is 2.40. The van der Waals surface area contributed by atoms with Crippen molar-refractivity contribution in [3.63, 3.8) is 0 Å². The molecule has 0 N–H and O–H groups in total. The van der Waals surface area contributed by atoms with E-state index in [4.69, 9.17) is 10.2 Å². The maximum atomic E-state index is 4.70. The lowest BCUT2D eigenvalue weighted by atomic mass is 10.5. The number of halogens is 2. The van der Waals surface area contributed by atoms with Gasteiger partial charge in [-0.1, -0.05) is 49.4 Å². The molecule has 0 aliphatic carbocycles. The SMILES string of the molecule is CCc1nnc(S[Si](C)(C)Sc2nnc(CC)n2/N=C/c2ccc(Br)s2)n1/N=C/c1ccc(Br)s1. The summed E-state index contributed by atoms with van der Waals surface area (Å²) in [5, 5.41) is 28.6. The smallest absolute Gasteiger partial charge is 0.192 e. The van der Waals surface area contributed by atoms with Crippen LogP contribution in [0.15, 0.2) is 52.4 Å². The number of hydrogen-bond donors (Lipinski definition) is 0. The fourth-order valence-corrected chi connectivity index (χ4v) is 12.3. The Labute approximate surface area is 237 Å². The molecule has 0 fully saturated rings. The second-order valence-electron chi connectivity index (χ2n) is 7.51. The van der Waals surface area contributed by atoms with Gasteiger partial charge in [-0.05, 0) is 56.1 Å². The van der Waals surface area contributed by atoms with Crippen LogP contribution in [-0.2, 0) is 12.8 Å². The molecule has 0 saturated heterocycles. The van der Waals surface area contributed by atoms with Gasteiger partial charge in [0.05, 0.1) is 20.0 Å². The van der Waals surface area contributed by atoms with E-state index in [-0.39, 0.29) is 0 Å². The molecule has 184 valence electrons. The first kappa shape index (κ1) is 26.9. The first-order valence-corrected chi connectivity index (χ1v) is 19.9. The van der Waals surface area contributed by atoms with Crippen LogP contribution in [0.25, 0.3) is 0 Å². The van der Waals surface area contributed by atoms with E-state index in [1.807, 2.05) is 46.0 Å². The molecule has 0 saturated carbocycles. The van der Waals surface area contributed by atoms with E-state index in [2.05, 4.69) is 79.2 Å². The lowest BCUT2D eigenvalue weighted by molar-refractivity contribution is 0.723. The third-order valence-electron chi connectivity index (χ3n) is 4.45. The zero-order valence-corrected chi connectivity index (χ0v) is 26.8. The van der Waals surface area contributed by atoms with Crippen molar-refractivity contribution in [2.24, 2.45) is 10.2 Å². The molecule has 15 heteroatoms. The molecule has 0 bridgehead atoms. The number of hydrogen-bond acceptors (Lipinski definition) is 10. The molecule has 0 atom stereocenters. The molecular weight excluding hydrogens is 668 g/mol. The first-order valence-electron chi connectivity index (χ1n) is 10.6. The van der Waals surface area contributed by atoms with Crippen LogP contribution in [0.5, 0.6) is 0 Å². The third kappa shape index (κ3) is 7.02. The molecule has 8 nitrogen and oxygen atoms in total. The number of rotatable bonds is 10. The molecule has 4 heterocycles. The molecule has 4 aromatic rings. The van der Waals surface area contributed by atoms with Gasteiger partial charge in [-0.15, -0.1) is 43.1 Å². The van der Waals surface area contributed by atoms with E-state index in [9.17, 15) is 0 Å². The van der Waals surface area contributed by atoms with Gasteiger partial charge >= 0.3 is 0 Å². The summed E-state index contributed by atoms with van der Waals surface area (Å²) in [6, 6.07) is 8.09. The minimum Gasteiger partial charge on any atom is -0.192 e. The Morgan fingerprint density at radius 3 is 1.57 bits per heavy atom. The Morgan fingerprint density at radius 1 is 0.800 bits per heavy atom. The number of aryl methyl sites for hydroxylation is 2. The highest BCUT2D eigenvalue weighted by Gasteiger charge is 2.31. The van der Waals surface area contributed by atoms with Crippen molar-refractivity contribution in [2.75, 3.05) is 0 Å². The third-order valence-corrected chi connectivity index (χ3v) is 15.0. The van der Waals surface area contributed by atoms with Gasteiger partial charge in [0.2, 0.25) is 10.3 Å². The van der Waals surface area contributed by atoms with E-state index in [1.165, 1.54) is 0 Å². The van der Waals surface area contributed by atoms with Gasteiger partial charge in [-0.3, -0.25) is 0 Å². The average Bonchev–Trinajstić information content (AvgIpc) is 3.59. The standard InChI is InChI=1S/C20H22Br2N8S4Si/c1-5-17-25-27-19(29(17)23-11-13-7-9-15(21)31-13)33-35(3,4)34-20-28-26-18(6-2)30(20)24-12-14-8-10-16(22)32-14/h7-12H,5-6H2,1-4H3/b23-11+,24-12+. The van der Waals surface area contributed by atoms with Gasteiger partial charge in [0, 0.05) is 22.6 Å². The van der Waals surface area contributed by atoms with E-state index in [0.717, 1.165) is 52.1 Å². The molecule has 0 aromatic carbocycles. The van der Waals surface area contributed by atoms with E-state index in [0.29, 0.717) is 0 Å². The van der Waals surface area contributed by atoms with Crippen molar-refractivity contribution in [1.29, 1.82) is 0 Å². The second-order valence-corrected chi connectivity index (χ2v) is 24.6. The maximum Gasteiger partial charge on any atom is 0.207 e. The largest absolute Gasteiger partial charge is 0.207 e. The van der Waals surface area contributed by atoms with Crippen molar-refractivity contribution < 1.29 is 0 Å². The monoisotopic (exact) mass is 688 g/mol. The topological polar surface area (TPSA) is 86.1 Å². The maximum absolute atomic E-state index is 4.70. The predicted octanol–water partition coefficient (Wildman–Crippen LogP) is 6.99. The first-order chi connectivity index (χ1) is 16.8. The second kappa shape index (κ2) is 12.0. The zero-order chi connectivity index (χ0) is 25.0. The quantitative estimate of drug-likeness (QED) is 0.132. The molecule has 4 aromatic heterocycles.